The quantitative estimate of drug-likeness (QED) is 0.375. The van der Waals surface area contributed by atoms with Crippen molar-refractivity contribution in [3.63, 3.8) is 0 Å². The number of hydrogen-bond donors (Lipinski definition) is 0. The van der Waals surface area contributed by atoms with Crippen LogP contribution in [0.5, 0.6) is 0 Å². The largest absolute Gasteiger partial charge is 0.170 e. The van der Waals surface area contributed by atoms with Gasteiger partial charge in [-0.15, -0.1) is 5.47 Å². The monoisotopic (exact) mass is 398 g/mol. The molecule has 6 atom stereocenters. The highest BCUT2D eigenvalue weighted by Gasteiger charge is 2.38. The minimum atomic E-state index is 0.867. The van der Waals surface area contributed by atoms with Crippen LogP contribution in [0.15, 0.2) is 11.5 Å². The van der Waals surface area contributed by atoms with Crippen molar-refractivity contribution in [3.8, 4) is 0 Å². The van der Waals surface area contributed by atoms with Gasteiger partial charge in [0, 0.05) is 0 Å². The first kappa shape index (κ1) is 23.5. The Morgan fingerprint density at radius 3 is 1.72 bits per heavy atom. The van der Waals surface area contributed by atoms with Crippen LogP contribution in [-0.2, 0) is 0 Å². The van der Waals surface area contributed by atoms with Gasteiger partial charge < -0.3 is 0 Å². The average molecular weight is 399 g/mol. The van der Waals surface area contributed by atoms with Gasteiger partial charge in [0.05, 0.1) is 0 Å². The summed E-state index contributed by atoms with van der Waals surface area (Å²) in [7, 11) is 0. The molecule has 0 amide bonds. The smallest absolute Gasteiger partial charge is 0.105 e. The fourth-order valence-electron chi connectivity index (χ4n) is 7.71. The van der Waals surface area contributed by atoms with Crippen LogP contribution >= 0.6 is 0 Å². The maximum Gasteiger partial charge on any atom is 0.170 e. The third-order valence-electron chi connectivity index (χ3n) is 9.34. The molecule has 1 heteroatoms. The molecular formula is C28H51B. The van der Waals surface area contributed by atoms with Gasteiger partial charge in [-0.3, -0.25) is 0 Å². The molecule has 0 aromatic rings. The summed E-state index contributed by atoms with van der Waals surface area (Å²) in [6, 6.07) is 0. The van der Waals surface area contributed by atoms with E-state index < -0.39 is 0 Å². The summed E-state index contributed by atoms with van der Waals surface area (Å²) in [6.45, 7) is 15.9. The van der Waals surface area contributed by atoms with Crippen LogP contribution in [0.25, 0.3) is 0 Å². The predicted molar refractivity (Wildman–Crippen MR) is 132 cm³/mol. The molecule has 0 aromatic heterocycles. The van der Waals surface area contributed by atoms with E-state index in [1.54, 1.807) is 0 Å². The molecule has 0 aliphatic heterocycles. The molecule has 0 heterocycles. The van der Waals surface area contributed by atoms with Gasteiger partial charge in [-0.25, -0.2) is 0 Å². The van der Waals surface area contributed by atoms with E-state index in [1.165, 1.54) is 76.8 Å². The fraction of sp³-hybridized carbons (Fsp3) is 0.929. The van der Waals surface area contributed by atoms with Crippen LogP contribution in [0.4, 0.5) is 0 Å². The maximum atomic E-state index is 2.70. The summed E-state index contributed by atoms with van der Waals surface area (Å²) < 4.78 is 0. The Bertz CT molecular complexity index is 484. The lowest BCUT2D eigenvalue weighted by molar-refractivity contribution is 0.151. The Morgan fingerprint density at radius 1 is 0.793 bits per heavy atom. The summed E-state index contributed by atoms with van der Waals surface area (Å²) >= 11 is 0. The van der Waals surface area contributed by atoms with Gasteiger partial charge >= 0.3 is 0 Å². The lowest BCUT2D eigenvalue weighted by atomic mass is 9.33. The Kier molecular flexibility index (Phi) is 8.82. The molecule has 0 saturated heterocycles. The standard InChI is InChI=1S/C28H51B/c1-20(2)27-14-12-22(5)16-24(27)18-29(26-10-8-7-9-11-26)19-25-17-23(6)13-15-28(25)21(3)4/h10,20-25,27-28H,7-9,11-19H2,1-6H3/t22-,23-,24-,25-,27+,28+/m1/s1. The van der Waals surface area contributed by atoms with Crippen molar-refractivity contribution >= 4 is 6.71 Å². The summed E-state index contributed by atoms with van der Waals surface area (Å²) in [4.78, 5) is 0. The molecule has 0 bridgehead atoms. The molecule has 0 N–H and O–H groups in total. The average Bonchev–Trinajstić information content (AvgIpc) is 2.68. The van der Waals surface area contributed by atoms with Gasteiger partial charge in [-0.1, -0.05) is 79.5 Å². The second-order valence-corrected chi connectivity index (χ2v) is 12.4. The third-order valence-corrected chi connectivity index (χ3v) is 9.34. The first-order chi connectivity index (χ1) is 13.8. The normalized spacial score (nSPS) is 36.3. The second kappa shape index (κ2) is 10.9. The van der Waals surface area contributed by atoms with Crippen molar-refractivity contribution in [2.45, 2.75) is 118 Å². The van der Waals surface area contributed by atoms with Crippen LogP contribution in [0.1, 0.15) is 106 Å². The van der Waals surface area contributed by atoms with Crippen LogP contribution < -0.4 is 0 Å². The highest BCUT2D eigenvalue weighted by atomic mass is 14.4. The van der Waals surface area contributed by atoms with Gasteiger partial charge in [-0.2, -0.15) is 0 Å². The highest BCUT2D eigenvalue weighted by molar-refractivity contribution is 6.66. The second-order valence-electron chi connectivity index (χ2n) is 12.4. The molecule has 3 aliphatic carbocycles. The molecule has 3 rings (SSSR count). The van der Waals surface area contributed by atoms with E-state index in [2.05, 4.69) is 47.6 Å². The molecule has 0 nitrogen and oxygen atoms in total. The number of hydrogen-bond acceptors (Lipinski definition) is 0. The van der Waals surface area contributed by atoms with E-state index in [0.29, 0.717) is 0 Å². The van der Waals surface area contributed by atoms with Crippen LogP contribution in [0.3, 0.4) is 0 Å². The molecule has 29 heavy (non-hydrogen) atoms. The van der Waals surface area contributed by atoms with Crippen molar-refractivity contribution in [2.24, 2.45) is 47.3 Å². The van der Waals surface area contributed by atoms with Crippen molar-refractivity contribution in [1.29, 1.82) is 0 Å². The van der Waals surface area contributed by atoms with Crippen molar-refractivity contribution in [2.75, 3.05) is 0 Å². The van der Waals surface area contributed by atoms with Gasteiger partial charge in [0.15, 0.2) is 6.71 Å². The molecule has 0 radical (unpaired) electrons. The SMILES string of the molecule is CC(C)[C@@H]1CC[C@@H](C)C[C@@H]1CB(C[C@H]1C[C@H](C)CC[C@H]1C(C)C)C1=CCCCC1. The Hall–Kier alpha value is -0.195. The third kappa shape index (κ3) is 6.40. The summed E-state index contributed by atoms with van der Waals surface area (Å²) in [5.74, 6) is 7.55. The molecule has 0 aromatic carbocycles. The van der Waals surface area contributed by atoms with Crippen LogP contribution in [0.2, 0.25) is 12.6 Å². The van der Waals surface area contributed by atoms with E-state index in [1.807, 2.05) is 5.47 Å². The van der Waals surface area contributed by atoms with Gasteiger partial charge in [0.2, 0.25) is 0 Å². The van der Waals surface area contributed by atoms with Crippen molar-refractivity contribution in [1.82, 2.24) is 0 Å². The molecule has 0 unspecified atom stereocenters. The number of allylic oxidation sites excluding steroid dienone is 2. The minimum Gasteiger partial charge on any atom is -0.105 e. The van der Waals surface area contributed by atoms with Gasteiger partial charge in [0.1, 0.15) is 0 Å². The maximum absolute atomic E-state index is 2.70. The Balaban J connectivity index is 1.77. The molecule has 2 fully saturated rings. The zero-order chi connectivity index (χ0) is 21.0. The summed E-state index contributed by atoms with van der Waals surface area (Å²) in [6.07, 6.45) is 20.3. The zero-order valence-corrected chi connectivity index (χ0v) is 20.8. The summed E-state index contributed by atoms with van der Waals surface area (Å²) in [5.41, 5.74) is 1.89. The van der Waals surface area contributed by atoms with E-state index in [9.17, 15) is 0 Å². The Labute approximate surface area is 184 Å². The highest BCUT2D eigenvalue weighted by Crippen LogP contribution is 2.45. The molecular weight excluding hydrogens is 347 g/mol. The van der Waals surface area contributed by atoms with Crippen LogP contribution in [-0.4, -0.2) is 6.71 Å². The van der Waals surface area contributed by atoms with Gasteiger partial charge in [-0.05, 0) is 92.3 Å². The van der Waals surface area contributed by atoms with E-state index in [0.717, 1.165) is 54.1 Å². The number of rotatable bonds is 7. The minimum absolute atomic E-state index is 0.867. The van der Waals surface area contributed by atoms with Crippen molar-refractivity contribution in [3.05, 3.63) is 11.5 Å². The predicted octanol–water partition coefficient (Wildman–Crippen LogP) is 8.94. The lowest BCUT2D eigenvalue weighted by Crippen LogP contribution is -2.36. The molecule has 2 saturated carbocycles. The topological polar surface area (TPSA) is 0 Å². The van der Waals surface area contributed by atoms with E-state index in [-0.39, 0.29) is 0 Å². The molecule has 0 spiro atoms. The Morgan fingerprint density at radius 2 is 1.31 bits per heavy atom. The van der Waals surface area contributed by atoms with E-state index in [4.69, 9.17) is 0 Å². The van der Waals surface area contributed by atoms with E-state index >= 15 is 0 Å². The first-order valence-corrected chi connectivity index (χ1v) is 13.5. The summed E-state index contributed by atoms with van der Waals surface area (Å²) in [5, 5.41) is 0. The van der Waals surface area contributed by atoms with Crippen LogP contribution in [0, 0.1) is 47.3 Å². The van der Waals surface area contributed by atoms with Crippen molar-refractivity contribution < 1.29 is 0 Å². The zero-order valence-electron chi connectivity index (χ0n) is 20.8. The molecule has 166 valence electrons. The fourth-order valence-corrected chi connectivity index (χ4v) is 7.71. The van der Waals surface area contributed by atoms with Gasteiger partial charge in [0.25, 0.3) is 0 Å². The lowest BCUT2D eigenvalue weighted by Gasteiger charge is -2.42. The molecule has 3 aliphatic rings. The first-order valence-electron chi connectivity index (χ1n) is 13.5.